The molecule has 1 aromatic rings. The summed E-state index contributed by atoms with van der Waals surface area (Å²) >= 11 is 5.93. The van der Waals surface area contributed by atoms with Crippen molar-refractivity contribution in [1.29, 1.82) is 0 Å². The Bertz CT molecular complexity index is 419. The van der Waals surface area contributed by atoms with E-state index in [0.29, 0.717) is 24.8 Å². The molecular formula is C13H17ClN2O2. The molecule has 1 saturated heterocycles. The predicted octanol–water partition coefficient (Wildman–Crippen LogP) is 1.51. The van der Waals surface area contributed by atoms with Crippen molar-refractivity contribution in [3.05, 3.63) is 34.9 Å². The molecule has 5 heteroatoms. The molecule has 0 saturated carbocycles. The molecule has 1 fully saturated rings. The Morgan fingerprint density at radius 1 is 1.61 bits per heavy atom. The Hall–Kier alpha value is -1.10. The Morgan fingerprint density at radius 3 is 3.11 bits per heavy atom. The van der Waals surface area contributed by atoms with Gasteiger partial charge in [-0.25, -0.2) is 0 Å². The number of carbonyl (C=O) groups is 1. The normalized spacial score (nSPS) is 21.3. The molecule has 2 N–H and O–H groups in total. The van der Waals surface area contributed by atoms with Crippen LogP contribution >= 0.6 is 11.6 Å². The summed E-state index contributed by atoms with van der Waals surface area (Å²) in [6.45, 7) is 3.73. The van der Waals surface area contributed by atoms with Crippen LogP contribution in [-0.4, -0.2) is 31.7 Å². The van der Waals surface area contributed by atoms with E-state index in [4.69, 9.17) is 16.3 Å². The Morgan fingerprint density at radius 2 is 2.44 bits per heavy atom. The smallest absolute Gasteiger partial charge is 0.240 e. The molecule has 1 heterocycles. The number of halogens is 1. The summed E-state index contributed by atoms with van der Waals surface area (Å²) < 4.78 is 5.27. The molecule has 0 bridgehead atoms. The third kappa shape index (κ3) is 3.45. The lowest BCUT2D eigenvalue weighted by molar-refractivity contribution is -0.126. The summed E-state index contributed by atoms with van der Waals surface area (Å²) in [5.41, 5.74) is 0.993. The number of ether oxygens (including phenoxy) is 1. The molecule has 1 aliphatic rings. The van der Waals surface area contributed by atoms with Crippen molar-refractivity contribution in [3.63, 3.8) is 0 Å². The Kier molecular flexibility index (Phi) is 4.58. The third-order valence-corrected chi connectivity index (χ3v) is 3.18. The highest BCUT2D eigenvalue weighted by molar-refractivity contribution is 6.30. The molecule has 0 aromatic heterocycles. The standard InChI is InChI=1S/C13H17ClN2O2/c1-9(10-3-2-4-11(14)7-10)16-13(17)12-8-18-6-5-15-12/h2-4,7,9,12,15H,5-6,8H2,1H3,(H,16,17)/t9-,12?/m1/s1. The Balaban J connectivity index is 1.94. The number of rotatable bonds is 3. The van der Waals surface area contributed by atoms with Gasteiger partial charge in [0.15, 0.2) is 0 Å². The van der Waals surface area contributed by atoms with Crippen molar-refractivity contribution < 1.29 is 9.53 Å². The van der Waals surface area contributed by atoms with Crippen molar-refractivity contribution in [2.75, 3.05) is 19.8 Å². The first-order valence-electron chi connectivity index (χ1n) is 6.04. The quantitative estimate of drug-likeness (QED) is 0.874. The van der Waals surface area contributed by atoms with E-state index >= 15 is 0 Å². The van der Waals surface area contributed by atoms with Gasteiger partial charge in [0.25, 0.3) is 0 Å². The summed E-state index contributed by atoms with van der Waals surface area (Å²) in [4.78, 5) is 12.0. The average Bonchev–Trinajstić information content (AvgIpc) is 2.39. The van der Waals surface area contributed by atoms with Crippen LogP contribution in [0.25, 0.3) is 0 Å². The van der Waals surface area contributed by atoms with Crippen molar-refractivity contribution >= 4 is 17.5 Å². The van der Waals surface area contributed by atoms with E-state index in [2.05, 4.69) is 10.6 Å². The molecule has 2 atom stereocenters. The van der Waals surface area contributed by atoms with Gasteiger partial charge < -0.3 is 15.4 Å². The first-order valence-corrected chi connectivity index (χ1v) is 6.41. The van der Waals surface area contributed by atoms with Crippen LogP contribution in [-0.2, 0) is 9.53 Å². The largest absolute Gasteiger partial charge is 0.378 e. The minimum atomic E-state index is -0.264. The van der Waals surface area contributed by atoms with E-state index in [-0.39, 0.29) is 18.0 Å². The number of benzene rings is 1. The van der Waals surface area contributed by atoms with E-state index in [9.17, 15) is 4.79 Å². The zero-order valence-electron chi connectivity index (χ0n) is 10.3. The summed E-state index contributed by atoms with van der Waals surface area (Å²) in [6.07, 6.45) is 0. The first kappa shape index (κ1) is 13.3. The fraction of sp³-hybridized carbons (Fsp3) is 0.462. The van der Waals surface area contributed by atoms with Gasteiger partial charge in [-0.05, 0) is 24.6 Å². The molecule has 1 aromatic carbocycles. The van der Waals surface area contributed by atoms with Gasteiger partial charge in [-0.15, -0.1) is 0 Å². The third-order valence-electron chi connectivity index (χ3n) is 2.95. The summed E-state index contributed by atoms with van der Waals surface area (Å²) in [6, 6.07) is 7.16. The van der Waals surface area contributed by atoms with Gasteiger partial charge in [-0.1, -0.05) is 23.7 Å². The van der Waals surface area contributed by atoms with Crippen LogP contribution in [0.1, 0.15) is 18.5 Å². The lowest BCUT2D eigenvalue weighted by atomic mass is 10.1. The van der Waals surface area contributed by atoms with Crippen LogP contribution in [0.3, 0.4) is 0 Å². The van der Waals surface area contributed by atoms with Gasteiger partial charge in [-0.3, -0.25) is 4.79 Å². The van der Waals surface area contributed by atoms with Crippen LogP contribution in [0.15, 0.2) is 24.3 Å². The monoisotopic (exact) mass is 268 g/mol. The molecular weight excluding hydrogens is 252 g/mol. The zero-order chi connectivity index (χ0) is 13.0. The van der Waals surface area contributed by atoms with Crippen molar-refractivity contribution in [2.24, 2.45) is 0 Å². The molecule has 0 spiro atoms. The van der Waals surface area contributed by atoms with E-state index < -0.39 is 0 Å². The number of morpholine rings is 1. The fourth-order valence-corrected chi connectivity index (χ4v) is 2.11. The van der Waals surface area contributed by atoms with Crippen molar-refractivity contribution in [1.82, 2.24) is 10.6 Å². The topological polar surface area (TPSA) is 50.4 Å². The van der Waals surface area contributed by atoms with Gasteiger partial charge in [0.2, 0.25) is 5.91 Å². The highest BCUT2D eigenvalue weighted by Crippen LogP contribution is 2.17. The summed E-state index contributed by atoms with van der Waals surface area (Å²) in [7, 11) is 0. The van der Waals surface area contributed by atoms with Crippen LogP contribution in [0.2, 0.25) is 5.02 Å². The zero-order valence-corrected chi connectivity index (χ0v) is 11.0. The summed E-state index contributed by atoms with van der Waals surface area (Å²) in [5, 5.41) is 6.75. The van der Waals surface area contributed by atoms with Crippen molar-refractivity contribution in [3.8, 4) is 0 Å². The highest BCUT2D eigenvalue weighted by Gasteiger charge is 2.22. The van der Waals surface area contributed by atoms with Crippen LogP contribution in [0.4, 0.5) is 0 Å². The van der Waals surface area contributed by atoms with Gasteiger partial charge in [0.05, 0.1) is 19.3 Å². The lowest BCUT2D eigenvalue weighted by Crippen LogP contribution is -2.51. The number of hydrogen-bond acceptors (Lipinski definition) is 3. The molecule has 1 aliphatic heterocycles. The van der Waals surface area contributed by atoms with E-state index in [1.165, 1.54) is 0 Å². The number of amides is 1. The lowest BCUT2D eigenvalue weighted by Gasteiger charge is -2.25. The van der Waals surface area contributed by atoms with Gasteiger partial charge in [0.1, 0.15) is 6.04 Å². The van der Waals surface area contributed by atoms with E-state index in [0.717, 1.165) is 5.56 Å². The molecule has 18 heavy (non-hydrogen) atoms. The van der Waals surface area contributed by atoms with Crippen LogP contribution < -0.4 is 10.6 Å². The second kappa shape index (κ2) is 6.18. The molecule has 1 unspecified atom stereocenters. The molecule has 1 amide bonds. The van der Waals surface area contributed by atoms with E-state index in [1.807, 2.05) is 31.2 Å². The number of carbonyl (C=O) groups excluding carboxylic acids is 1. The average molecular weight is 269 g/mol. The first-order chi connectivity index (χ1) is 8.66. The van der Waals surface area contributed by atoms with Crippen LogP contribution in [0.5, 0.6) is 0 Å². The van der Waals surface area contributed by atoms with Crippen LogP contribution in [0, 0.1) is 0 Å². The molecule has 2 rings (SSSR count). The SMILES string of the molecule is C[C@@H](NC(=O)C1COCCN1)c1cccc(Cl)c1. The minimum absolute atomic E-state index is 0.0397. The Labute approximate surface area is 112 Å². The maximum absolute atomic E-state index is 12.0. The van der Waals surface area contributed by atoms with Gasteiger partial charge in [0, 0.05) is 11.6 Å². The molecule has 4 nitrogen and oxygen atoms in total. The second-order valence-corrected chi connectivity index (χ2v) is 4.80. The summed E-state index contributed by atoms with van der Waals surface area (Å²) in [5.74, 6) is -0.0397. The number of hydrogen-bond donors (Lipinski definition) is 2. The maximum Gasteiger partial charge on any atom is 0.240 e. The fourth-order valence-electron chi connectivity index (χ4n) is 1.91. The number of nitrogens with one attached hydrogen (secondary N) is 2. The molecule has 98 valence electrons. The maximum atomic E-state index is 12.0. The van der Waals surface area contributed by atoms with Gasteiger partial charge >= 0.3 is 0 Å². The van der Waals surface area contributed by atoms with Gasteiger partial charge in [-0.2, -0.15) is 0 Å². The van der Waals surface area contributed by atoms with Crippen molar-refractivity contribution in [2.45, 2.75) is 19.0 Å². The van der Waals surface area contributed by atoms with E-state index in [1.54, 1.807) is 0 Å². The molecule has 0 radical (unpaired) electrons. The molecule has 0 aliphatic carbocycles. The predicted molar refractivity (Wildman–Crippen MR) is 70.6 cm³/mol. The minimum Gasteiger partial charge on any atom is -0.378 e. The second-order valence-electron chi connectivity index (χ2n) is 4.37. The highest BCUT2D eigenvalue weighted by atomic mass is 35.5.